The molecule has 3 aromatic heterocycles. The van der Waals surface area contributed by atoms with Crippen molar-refractivity contribution in [1.29, 1.82) is 0 Å². The maximum atomic E-state index is 4.90. The summed E-state index contributed by atoms with van der Waals surface area (Å²) >= 11 is 0. The van der Waals surface area contributed by atoms with Crippen LogP contribution in [0.3, 0.4) is 0 Å². The lowest BCUT2D eigenvalue weighted by atomic mass is 10.0. The lowest BCUT2D eigenvalue weighted by molar-refractivity contribution is 0.387. The van der Waals surface area contributed by atoms with Gasteiger partial charge >= 0.3 is 0 Å². The van der Waals surface area contributed by atoms with Crippen LogP contribution in [-0.4, -0.2) is 50.4 Å². The second-order valence-corrected chi connectivity index (χ2v) is 7.23. The SMILES string of the molecule is CC(C)C[C@H]1CN(c2cn(C)c(-c3[nH]nc4ncccc34)n2)CCN1.[HH].[HH]. The van der Waals surface area contributed by atoms with Crippen molar-refractivity contribution in [2.75, 3.05) is 24.5 Å². The van der Waals surface area contributed by atoms with Crippen LogP contribution in [0.2, 0.25) is 0 Å². The second kappa shape index (κ2) is 6.48. The standard InChI is InChI=1S/C18H25N7.2H2/c1-12(2)9-13-10-25(8-7-19-13)15-11-24(3)18(21-15)16-14-5-4-6-20-17(14)23-22-16;;/h4-6,11-13,19H,7-10H2,1-3H3,(H,20,22,23);2*1H/t13-;;/m0../s1. The summed E-state index contributed by atoms with van der Waals surface area (Å²) in [4.78, 5) is 11.6. The Balaban J connectivity index is 0.00000131. The molecule has 4 heterocycles. The molecule has 1 aliphatic heterocycles. The summed E-state index contributed by atoms with van der Waals surface area (Å²) in [5.41, 5.74) is 1.65. The van der Waals surface area contributed by atoms with Crippen LogP contribution >= 0.6 is 0 Å². The third kappa shape index (κ3) is 3.11. The Labute approximate surface area is 150 Å². The van der Waals surface area contributed by atoms with Gasteiger partial charge in [0.25, 0.3) is 0 Å². The van der Waals surface area contributed by atoms with E-state index in [1.54, 1.807) is 6.20 Å². The molecule has 0 amide bonds. The first-order valence-electron chi connectivity index (χ1n) is 8.93. The van der Waals surface area contributed by atoms with Crippen LogP contribution in [-0.2, 0) is 7.05 Å². The Bertz CT molecular complexity index is 874. The topological polar surface area (TPSA) is 74.7 Å². The minimum absolute atomic E-state index is 0. The number of rotatable bonds is 4. The number of hydrogen-bond acceptors (Lipinski definition) is 5. The first kappa shape index (κ1) is 16.1. The number of aromatic nitrogens is 5. The summed E-state index contributed by atoms with van der Waals surface area (Å²) in [5, 5.41) is 12.0. The van der Waals surface area contributed by atoms with E-state index in [-0.39, 0.29) is 2.85 Å². The highest BCUT2D eigenvalue weighted by Gasteiger charge is 2.23. The van der Waals surface area contributed by atoms with Gasteiger partial charge in [0.2, 0.25) is 0 Å². The minimum Gasteiger partial charge on any atom is -0.352 e. The number of aryl methyl sites for hydroxylation is 1. The first-order chi connectivity index (χ1) is 12.1. The van der Waals surface area contributed by atoms with Crippen LogP contribution in [0.5, 0.6) is 0 Å². The summed E-state index contributed by atoms with van der Waals surface area (Å²) in [6.45, 7) is 7.53. The molecule has 25 heavy (non-hydrogen) atoms. The lowest BCUT2D eigenvalue weighted by Crippen LogP contribution is -2.51. The highest BCUT2D eigenvalue weighted by Crippen LogP contribution is 2.27. The number of hydrogen-bond donors (Lipinski definition) is 2. The average molecular weight is 343 g/mol. The van der Waals surface area contributed by atoms with E-state index >= 15 is 0 Å². The predicted octanol–water partition coefficient (Wildman–Crippen LogP) is 2.67. The molecule has 0 radical (unpaired) electrons. The van der Waals surface area contributed by atoms with Crippen molar-refractivity contribution >= 4 is 16.9 Å². The minimum atomic E-state index is 0. The van der Waals surface area contributed by atoms with E-state index in [0.29, 0.717) is 12.0 Å². The van der Waals surface area contributed by atoms with Crippen molar-refractivity contribution in [3.63, 3.8) is 0 Å². The zero-order valence-electron chi connectivity index (χ0n) is 15.0. The predicted molar refractivity (Wildman–Crippen MR) is 104 cm³/mol. The molecular weight excluding hydrogens is 314 g/mol. The Morgan fingerprint density at radius 2 is 2.28 bits per heavy atom. The molecule has 1 atom stereocenters. The zero-order valence-corrected chi connectivity index (χ0v) is 15.0. The molecule has 3 aromatic rings. The van der Waals surface area contributed by atoms with Crippen molar-refractivity contribution in [2.24, 2.45) is 13.0 Å². The van der Waals surface area contributed by atoms with Gasteiger partial charge in [-0.05, 0) is 24.5 Å². The van der Waals surface area contributed by atoms with Gasteiger partial charge in [-0.25, -0.2) is 9.97 Å². The van der Waals surface area contributed by atoms with E-state index in [9.17, 15) is 0 Å². The number of fused-ring (bicyclic) bond motifs is 1. The molecule has 0 bridgehead atoms. The van der Waals surface area contributed by atoms with Gasteiger partial charge in [0.15, 0.2) is 11.5 Å². The number of H-pyrrole nitrogens is 1. The van der Waals surface area contributed by atoms with Crippen LogP contribution in [0.15, 0.2) is 24.5 Å². The van der Waals surface area contributed by atoms with Crippen LogP contribution < -0.4 is 10.2 Å². The van der Waals surface area contributed by atoms with E-state index < -0.39 is 0 Å². The maximum Gasteiger partial charge on any atom is 0.181 e. The second-order valence-electron chi connectivity index (χ2n) is 7.23. The molecule has 2 N–H and O–H groups in total. The van der Waals surface area contributed by atoms with Crippen molar-refractivity contribution in [3.8, 4) is 11.5 Å². The molecule has 1 saturated heterocycles. The van der Waals surface area contributed by atoms with Gasteiger partial charge in [0.05, 0.1) is 0 Å². The van der Waals surface area contributed by atoms with Gasteiger partial charge < -0.3 is 14.8 Å². The van der Waals surface area contributed by atoms with E-state index in [1.165, 1.54) is 6.42 Å². The lowest BCUT2D eigenvalue weighted by Gasteiger charge is -2.34. The van der Waals surface area contributed by atoms with Gasteiger partial charge in [-0.2, -0.15) is 5.10 Å². The highest BCUT2D eigenvalue weighted by molar-refractivity contribution is 5.88. The molecule has 4 rings (SSSR count). The largest absolute Gasteiger partial charge is 0.352 e. The van der Waals surface area contributed by atoms with Gasteiger partial charge in [0.1, 0.15) is 11.5 Å². The number of imidazole rings is 1. The van der Waals surface area contributed by atoms with Gasteiger partial charge in [-0.15, -0.1) is 0 Å². The number of pyridine rings is 1. The quantitative estimate of drug-likeness (QED) is 0.762. The Kier molecular flexibility index (Phi) is 4.17. The molecule has 0 spiro atoms. The number of aromatic amines is 1. The molecule has 1 aliphatic rings. The number of anilines is 1. The van der Waals surface area contributed by atoms with Crippen LogP contribution in [0.4, 0.5) is 5.82 Å². The number of piperazine rings is 1. The molecular formula is C18H29N7. The molecule has 1 fully saturated rings. The van der Waals surface area contributed by atoms with Crippen LogP contribution in [0.1, 0.15) is 23.1 Å². The summed E-state index contributed by atoms with van der Waals surface area (Å²) < 4.78 is 2.06. The third-order valence-electron chi connectivity index (χ3n) is 4.75. The molecule has 0 aliphatic carbocycles. The van der Waals surface area contributed by atoms with Gasteiger partial charge in [-0.1, -0.05) is 13.8 Å². The molecule has 136 valence electrons. The fraction of sp³-hybridized carbons (Fsp3) is 0.500. The summed E-state index contributed by atoms with van der Waals surface area (Å²) in [7, 11) is 2.03. The van der Waals surface area contributed by atoms with Crippen molar-refractivity contribution in [1.82, 2.24) is 30.0 Å². The van der Waals surface area contributed by atoms with E-state index in [4.69, 9.17) is 4.98 Å². The monoisotopic (exact) mass is 343 g/mol. The molecule has 0 aromatic carbocycles. The molecule has 0 saturated carbocycles. The summed E-state index contributed by atoms with van der Waals surface area (Å²) in [5.74, 6) is 2.62. The third-order valence-corrected chi connectivity index (χ3v) is 4.75. The van der Waals surface area contributed by atoms with E-state index in [0.717, 1.165) is 48.0 Å². The fourth-order valence-corrected chi connectivity index (χ4v) is 3.62. The van der Waals surface area contributed by atoms with E-state index in [2.05, 4.69) is 50.0 Å². The zero-order chi connectivity index (χ0) is 17.4. The first-order valence-corrected chi connectivity index (χ1v) is 8.93. The van der Waals surface area contributed by atoms with Gasteiger partial charge in [0, 0.05) is 53.4 Å². The van der Waals surface area contributed by atoms with Crippen molar-refractivity contribution in [2.45, 2.75) is 26.3 Å². The number of nitrogens with one attached hydrogen (secondary N) is 2. The Morgan fingerprint density at radius 1 is 1.40 bits per heavy atom. The van der Waals surface area contributed by atoms with E-state index in [1.807, 2.05) is 19.2 Å². The van der Waals surface area contributed by atoms with Crippen LogP contribution in [0.25, 0.3) is 22.6 Å². The Morgan fingerprint density at radius 3 is 3.12 bits per heavy atom. The summed E-state index contributed by atoms with van der Waals surface area (Å²) in [6, 6.07) is 4.48. The van der Waals surface area contributed by atoms with Gasteiger partial charge in [-0.3, -0.25) is 5.10 Å². The average Bonchev–Trinajstić information content (AvgIpc) is 3.18. The molecule has 7 nitrogen and oxygen atoms in total. The molecule has 0 unspecified atom stereocenters. The van der Waals surface area contributed by atoms with Crippen molar-refractivity contribution in [3.05, 3.63) is 24.5 Å². The Hall–Kier alpha value is -2.41. The van der Waals surface area contributed by atoms with Crippen LogP contribution in [0, 0.1) is 5.92 Å². The smallest absolute Gasteiger partial charge is 0.181 e. The molecule has 7 heteroatoms. The maximum absolute atomic E-state index is 4.90. The summed E-state index contributed by atoms with van der Waals surface area (Å²) in [6.07, 6.45) is 5.05. The number of nitrogens with zero attached hydrogens (tertiary/aromatic N) is 5. The fourth-order valence-electron chi connectivity index (χ4n) is 3.62. The highest BCUT2D eigenvalue weighted by atomic mass is 15.3. The normalized spacial score (nSPS) is 18.4. The van der Waals surface area contributed by atoms with Crippen molar-refractivity contribution < 1.29 is 2.85 Å².